The molecule has 4 nitrogen and oxygen atoms in total. The Balaban J connectivity index is 2.23. The third-order valence-corrected chi connectivity index (χ3v) is 3.66. The average molecular weight is 211 g/mol. The third-order valence-electron chi connectivity index (χ3n) is 2.26. The van der Waals surface area contributed by atoms with E-state index in [1.54, 1.807) is 7.11 Å². The van der Waals surface area contributed by atoms with Gasteiger partial charge in [0.25, 0.3) is 5.88 Å². The van der Waals surface area contributed by atoms with Crippen LogP contribution in [0.4, 0.5) is 5.69 Å². The molecule has 0 spiro atoms. The quantitative estimate of drug-likeness (QED) is 0.805. The Bertz CT molecular complexity index is 326. The fraction of sp³-hybridized carbons (Fsp3) is 0.556. The van der Waals surface area contributed by atoms with Crippen molar-refractivity contribution in [3.63, 3.8) is 0 Å². The lowest BCUT2D eigenvalue weighted by atomic mass is 10.2. The van der Waals surface area contributed by atoms with E-state index in [-0.39, 0.29) is 0 Å². The molecule has 2 heterocycles. The van der Waals surface area contributed by atoms with E-state index in [4.69, 9.17) is 10.5 Å². The molecule has 0 amide bonds. The maximum Gasteiger partial charge on any atom is 0.256 e. The zero-order valence-electron chi connectivity index (χ0n) is 8.06. The van der Waals surface area contributed by atoms with Gasteiger partial charge in [-0.15, -0.1) is 5.10 Å². The Kier molecular flexibility index (Phi) is 2.77. The zero-order valence-corrected chi connectivity index (χ0v) is 8.88. The molecule has 1 aliphatic heterocycles. The summed E-state index contributed by atoms with van der Waals surface area (Å²) in [5.41, 5.74) is 7.31. The van der Waals surface area contributed by atoms with Gasteiger partial charge in [-0.2, -0.15) is 16.9 Å². The van der Waals surface area contributed by atoms with Crippen LogP contribution in [0.3, 0.4) is 0 Å². The maximum absolute atomic E-state index is 5.76. The highest BCUT2D eigenvalue weighted by molar-refractivity contribution is 7.99. The second-order valence-electron chi connectivity index (χ2n) is 3.24. The molecule has 0 aromatic carbocycles. The molecule has 0 radical (unpaired) electrons. The van der Waals surface area contributed by atoms with E-state index >= 15 is 0 Å². The van der Waals surface area contributed by atoms with Crippen molar-refractivity contribution < 1.29 is 4.74 Å². The van der Waals surface area contributed by atoms with Gasteiger partial charge in [0.2, 0.25) is 0 Å². The monoisotopic (exact) mass is 211 g/mol. The summed E-state index contributed by atoms with van der Waals surface area (Å²) in [6.45, 7) is 0. The van der Waals surface area contributed by atoms with Crippen molar-refractivity contribution in [2.45, 2.75) is 18.1 Å². The predicted octanol–water partition coefficient (Wildman–Crippen LogP) is 1.64. The van der Waals surface area contributed by atoms with E-state index < -0.39 is 0 Å². The molecule has 2 rings (SSSR count). The third kappa shape index (κ3) is 1.77. The number of ether oxygens (including phenoxy) is 1. The summed E-state index contributed by atoms with van der Waals surface area (Å²) >= 11 is 1.92. The summed E-state index contributed by atoms with van der Waals surface area (Å²) in [6, 6.07) is 1.87. The molecule has 5 heteroatoms. The van der Waals surface area contributed by atoms with Crippen LogP contribution in [-0.4, -0.2) is 23.1 Å². The average Bonchev–Trinajstić information content (AvgIpc) is 2.70. The number of nitrogens with zero attached hydrogens (tertiary/aromatic N) is 2. The van der Waals surface area contributed by atoms with Crippen LogP contribution in [0.2, 0.25) is 0 Å². The minimum absolute atomic E-state index is 0.414. The largest absolute Gasteiger partial charge is 0.478 e. The number of rotatable bonds is 2. The van der Waals surface area contributed by atoms with Crippen LogP contribution in [0.1, 0.15) is 23.8 Å². The van der Waals surface area contributed by atoms with Crippen LogP contribution in [0.15, 0.2) is 6.07 Å². The van der Waals surface area contributed by atoms with Crippen LogP contribution in [-0.2, 0) is 0 Å². The summed E-state index contributed by atoms with van der Waals surface area (Å²) in [5.74, 6) is 1.62. The van der Waals surface area contributed by atoms with Crippen molar-refractivity contribution in [1.82, 2.24) is 10.2 Å². The fourth-order valence-electron chi connectivity index (χ4n) is 1.54. The number of aromatic nitrogens is 2. The molecule has 2 N–H and O–H groups in total. The van der Waals surface area contributed by atoms with E-state index in [1.165, 1.54) is 18.6 Å². The lowest BCUT2D eigenvalue weighted by Crippen LogP contribution is -2.02. The Morgan fingerprint density at radius 1 is 1.57 bits per heavy atom. The Hall–Kier alpha value is -0.970. The molecule has 0 aliphatic carbocycles. The van der Waals surface area contributed by atoms with Gasteiger partial charge in [0.1, 0.15) is 0 Å². The van der Waals surface area contributed by atoms with E-state index in [1.807, 2.05) is 17.8 Å². The summed E-state index contributed by atoms with van der Waals surface area (Å²) in [5, 5.41) is 8.52. The number of anilines is 1. The second kappa shape index (κ2) is 4.04. The topological polar surface area (TPSA) is 61.0 Å². The molecule has 1 aromatic heterocycles. The first-order chi connectivity index (χ1) is 6.81. The Morgan fingerprint density at radius 3 is 3.00 bits per heavy atom. The van der Waals surface area contributed by atoms with E-state index in [0.717, 1.165) is 5.69 Å². The normalized spacial score (nSPS) is 21.1. The van der Waals surface area contributed by atoms with E-state index in [9.17, 15) is 0 Å². The van der Waals surface area contributed by atoms with Gasteiger partial charge in [-0.25, -0.2) is 0 Å². The first-order valence-electron chi connectivity index (χ1n) is 4.60. The highest BCUT2D eigenvalue weighted by Gasteiger charge is 2.20. The number of hydrogen-bond acceptors (Lipinski definition) is 5. The number of methoxy groups -OCH3 is 1. The molecule has 0 saturated carbocycles. The number of nitrogens with two attached hydrogens (primary N) is 1. The standard InChI is InChI=1S/C9H13N3OS/c1-13-9-6(10)5-7(11-12-9)8-3-2-4-14-8/h5,8H,2-4H2,1H3,(H2,10,11). The first kappa shape index (κ1) is 9.58. The van der Waals surface area contributed by atoms with Crippen molar-refractivity contribution in [3.8, 4) is 5.88 Å². The highest BCUT2D eigenvalue weighted by Crippen LogP contribution is 2.39. The van der Waals surface area contributed by atoms with Crippen molar-refractivity contribution in [2.24, 2.45) is 0 Å². The minimum atomic E-state index is 0.414. The molecule has 1 unspecified atom stereocenters. The van der Waals surface area contributed by atoms with Gasteiger partial charge in [0, 0.05) is 5.25 Å². The van der Waals surface area contributed by atoms with Crippen molar-refractivity contribution in [3.05, 3.63) is 11.8 Å². The predicted molar refractivity (Wildman–Crippen MR) is 57.4 cm³/mol. The molecule has 1 atom stereocenters. The number of nitrogen functional groups attached to an aromatic ring is 1. The van der Waals surface area contributed by atoms with Crippen LogP contribution in [0.25, 0.3) is 0 Å². The van der Waals surface area contributed by atoms with E-state index in [2.05, 4.69) is 10.2 Å². The Labute approximate surface area is 87.2 Å². The van der Waals surface area contributed by atoms with Gasteiger partial charge in [-0.3, -0.25) is 0 Å². The fourth-order valence-corrected chi connectivity index (χ4v) is 2.77. The van der Waals surface area contributed by atoms with Gasteiger partial charge < -0.3 is 10.5 Å². The van der Waals surface area contributed by atoms with Crippen molar-refractivity contribution >= 4 is 17.4 Å². The summed E-state index contributed by atoms with van der Waals surface area (Å²) < 4.78 is 4.96. The molecule has 1 aliphatic rings. The molecule has 0 bridgehead atoms. The Morgan fingerprint density at radius 2 is 2.43 bits per heavy atom. The van der Waals surface area contributed by atoms with Crippen LogP contribution >= 0.6 is 11.8 Å². The molecule has 76 valence electrons. The van der Waals surface area contributed by atoms with Crippen molar-refractivity contribution in [1.29, 1.82) is 0 Å². The summed E-state index contributed by atoms with van der Waals surface area (Å²) in [6.07, 6.45) is 2.42. The lowest BCUT2D eigenvalue weighted by molar-refractivity contribution is 0.393. The lowest BCUT2D eigenvalue weighted by Gasteiger charge is -2.08. The summed E-state index contributed by atoms with van der Waals surface area (Å²) in [7, 11) is 1.55. The van der Waals surface area contributed by atoms with Gasteiger partial charge in [0.15, 0.2) is 0 Å². The maximum atomic E-state index is 5.76. The smallest absolute Gasteiger partial charge is 0.256 e. The van der Waals surface area contributed by atoms with Crippen molar-refractivity contribution in [2.75, 3.05) is 18.6 Å². The molecule has 14 heavy (non-hydrogen) atoms. The molecule has 1 fully saturated rings. The first-order valence-corrected chi connectivity index (χ1v) is 5.65. The van der Waals surface area contributed by atoms with Gasteiger partial charge in [-0.05, 0) is 24.7 Å². The van der Waals surface area contributed by atoms with E-state index in [0.29, 0.717) is 16.8 Å². The minimum Gasteiger partial charge on any atom is -0.478 e. The highest BCUT2D eigenvalue weighted by atomic mass is 32.2. The van der Waals surface area contributed by atoms with Crippen LogP contribution in [0.5, 0.6) is 5.88 Å². The molecule has 1 saturated heterocycles. The van der Waals surface area contributed by atoms with Gasteiger partial charge in [0.05, 0.1) is 18.5 Å². The number of thioether (sulfide) groups is 1. The van der Waals surface area contributed by atoms with Gasteiger partial charge >= 0.3 is 0 Å². The molecular weight excluding hydrogens is 198 g/mol. The number of hydrogen-bond donors (Lipinski definition) is 1. The van der Waals surface area contributed by atoms with Gasteiger partial charge in [-0.1, -0.05) is 0 Å². The zero-order chi connectivity index (χ0) is 9.97. The second-order valence-corrected chi connectivity index (χ2v) is 4.55. The SMILES string of the molecule is COc1nnc(C2CCCS2)cc1N. The molecular formula is C9H13N3OS. The molecule has 1 aromatic rings. The van der Waals surface area contributed by atoms with Crippen LogP contribution < -0.4 is 10.5 Å². The van der Waals surface area contributed by atoms with Crippen LogP contribution in [0, 0.1) is 0 Å². The summed E-state index contributed by atoms with van der Waals surface area (Å²) in [4.78, 5) is 0.